The van der Waals surface area contributed by atoms with E-state index in [1.807, 2.05) is 51.1 Å². The molecule has 1 saturated heterocycles. The van der Waals surface area contributed by atoms with E-state index >= 15 is 0 Å². The Bertz CT molecular complexity index is 1240. The number of benzene rings is 2. The molecule has 2 aromatic rings. The van der Waals surface area contributed by atoms with Gasteiger partial charge >= 0.3 is 0 Å². The van der Waals surface area contributed by atoms with Crippen molar-refractivity contribution in [1.82, 2.24) is 4.90 Å². The number of carbonyl (C=O) groups is 3. The van der Waals surface area contributed by atoms with Crippen molar-refractivity contribution in [3.8, 4) is 0 Å². The number of rotatable bonds is 8. The lowest BCUT2D eigenvalue weighted by Crippen LogP contribution is -2.36. The molecular weight excluding hydrogens is 482 g/mol. The quantitative estimate of drug-likeness (QED) is 0.325. The molecule has 0 radical (unpaired) electrons. The van der Waals surface area contributed by atoms with Gasteiger partial charge in [-0.2, -0.15) is 0 Å². The molecule has 0 aromatic heterocycles. The van der Waals surface area contributed by atoms with Gasteiger partial charge in [-0.05, 0) is 50.5 Å². The summed E-state index contributed by atoms with van der Waals surface area (Å²) >= 11 is 6.58. The van der Waals surface area contributed by atoms with Gasteiger partial charge in [-0.3, -0.25) is 24.2 Å². The summed E-state index contributed by atoms with van der Waals surface area (Å²) in [6.07, 6.45) is 0.651. The molecule has 7 nitrogen and oxygen atoms in total. The Hall–Kier alpha value is -3.01. The van der Waals surface area contributed by atoms with Crippen LogP contribution in [0.15, 0.2) is 47.4 Å². The Labute approximate surface area is 214 Å². The first kappa shape index (κ1) is 25.1. The van der Waals surface area contributed by atoms with Gasteiger partial charge in [0.15, 0.2) is 0 Å². The van der Waals surface area contributed by atoms with Gasteiger partial charge in [0.05, 0.1) is 16.2 Å². The summed E-state index contributed by atoms with van der Waals surface area (Å²) in [5.74, 6) is -0.972. The minimum absolute atomic E-state index is 0.165. The van der Waals surface area contributed by atoms with Crippen molar-refractivity contribution in [1.29, 1.82) is 0 Å². The number of carbonyl (C=O) groups excluding carboxylic acids is 3. The van der Waals surface area contributed by atoms with Crippen LogP contribution in [-0.2, 0) is 19.1 Å². The zero-order valence-electron chi connectivity index (χ0n) is 19.9. The normalized spacial score (nSPS) is 17.4. The molecule has 3 amide bonds. The number of hydrogen-bond acceptors (Lipinski definition) is 6. The number of thioether (sulfide) groups is 1. The van der Waals surface area contributed by atoms with Crippen LogP contribution in [0.5, 0.6) is 0 Å². The molecule has 4 rings (SSSR count). The third-order valence-electron chi connectivity index (χ3n) is 5.84. The number of nitrogens with one attached hydrogen (secondary N) is 1. The lowest BCUT2D eigenvalue weighted by Gasteiger charge is -2.17. The molecule has 0 spiro atoms. The molecule has 182 valence electrons. The van der Waals surface area contributed by atoms with Crippen LogP contribution in [0.25, 0.3) is 5.57 Å². The number of fused-ring (bicyclic) bond motifs is 1. The van der Waals surface area contributed by atoms with E-state index in [1.54, 1.807) is 12.1 Å². The molecule has 2 aromatic carbocycles. The van der Waals surface area contributed by atoms with Gasteiger partial charge in [-0.1, -0.05) is 54.3 Å². The zero-order chi connectivity index (χ0) is 25.1. The van der Waals surface area contributed by atoms with E-state index in [9.17, 15) is 14.4 Å². The summed E-state index contributed by atoms with van der Waals surface area (Å²) in [7, 11) is 0. The third-order valence-corrected chi connectivity index (χ3v) is 7.29. The highest BCUT2D eigenvalue weighted by Gasteiger charge is 2.42. The first-order chi connectivity index (χ1) is 16.8. The lowest BCUT2D eigenvalue weighted by atomic mass is 10.1. The van der Waals surface area contributed by atoms with Crippen LogP contribution >= 0.6 is 24.0 Å². The van der Waals surface area contributed by atoms with Gasteiger partial charge in [0.25, 0.3) is 11.8 Å². The van der Waals surface area contributed by atoms with Crippen molar-refractivity contribution in [2.45, 2.75) is 27.2 Å². The highest BCUT2D eigenvalue weighted by Crippen LogP contribution is 2.44. The lowest BCUT2D eigenvalue weighted by molar-refractivity contribution is -0.122. The standard InChI is InChI=1S/C26H27N3O4S2/c1-4-33-13-7-12-28-25(32)23(35-26(28)34)22-18-8-5-6-9-20(18)29(24(22)31)15-21(30)27-19-14-16(2)10-11-17(19)3/h5-6,8-11,14H,4,7,12-13,15H2,1-3H3,(H,27,30)/b23-22-. The number of amides is 3. The van der Waals surface area contributed by atoms with Gasteiger partial charge in [0.1, 0.15) is 10.9 Å². The number of aryl methyl sites for hydroxylation is 2. The second-order valence-electron chi connectivity index (χ2n) is 8.35. The van der Waals surface area contributed by atoms with Crippen molar-refractivity contribution in [3.63, 3.8) is 0 Å². The summed E-state index contributed by atoms with van der Waals surface area (Å²) in [5, 5.41) is 2.91. The molecule has 2 aliphatic rings. The highest BCUT2D eigenvalue weighted by molar-refractivity contribution is 8.26. The summed E-state index contributed by atoms with van der Waals surface area (Å²) in [5.41, 5.74) is 4.20. The third kappa shape index (κ3) is 5.17. The van der Waals surface area contributed by atoms with Gasteiger partial charge in [-0.25, -0.2) is 0 Å². The fourth-order valence-electron chi connectivity index (χ4n) is 4.07. The maximum absolute atomic E-state index is 13.6. The van der Waals surface area contributed by atoms with Crippen molar-refractivity contribution < 1.29 is 19.1 Å². The molecule has 2 aliphatic heterocycles. The van der Waals surface area contributed by atoms with Crippen LogP contribution < -0.4 is 10.2 Å². The minimum Gasteiger partial charge on any atom is -0.382 e. The zero-order valence-corrected chi connectivity index (χ0v) is 21.6. The minimum atomic E-state index is -0.378. The Kier molecular flexibility index (Phi) is 7.69. The molecule has 0 saturated carbocycles. The predicted octanol–water partition coefficient (Wildman–Crippen LogP) is 4.29. The first-order valence-corrected chi connectivity index (χ1v) is 12.7. The van der Waals surface area contributed by atoms with Crippen LogP contribution in [-0.4, -0.2) is 53.2 Å². The average molecular weight is 510 g/mol. The first-order valence-electron chi connectivity index (χ1n) is 11.5. The maximum Gasteiger partial charge on any atom is 0.267 e. The van der Waals surface area contributed by atoms with Crippen molar-refractivity contribution in [2.75, 3.05) is 36.5 Å². The fraction of sp³-hybridized carbons (Fsp3) is 0.308. The van der Waals surface area contributed by atoms with Gasteiger partial charge in [0, 0.05) is 31.0 Å². The maximum atomic E-state index is 13.6. The van der Waals surface area contributed by atoms with Gasteiger partial charge in [0.2, 0.25) is 5.91 Å². The second-order valence-corrected chi connectivity index (χ2v) is 10.00. The average Bonchev–Trinajstić information content (AvgIpc) is 3.26. The number of anilines is 2. The molecule has 0 unspecified atom stereocenters. The van der Waals surface area contributed by atoms with Gasteiger partial charge in [-0.15, -0.1) is 0 Å². The SMILES string of the molecule is CCOCCCN1C(=O)/C(=C2/C(=O)N(CC(=O)Nc3cc(C)ccc3C)c3ccccc32)SC1=S. The van der Waals surface area contributed by atoms with Gasteiger partial charge < -0.3 is 10.1 Å². The number of thiocarbonyl (C=S) groups is 1. The summed E-state index contributed by atoms with van der Waals surface area (Å²) in [6.45, 7) is 7.20. The number of nitrogens with zero attached hydrogens (tertiary/aromatic N) is 2. The topological polar surface area (TPSA) is 79.0 Å². The Balaban J connectivity index is 1.58. The van der Waals surface area contributed by atoms with Crippen molar-refractivity contribution in [3.05, 3.63) is 64.1 Å². The van der Waals surface area contributed by atoms with E-state index in [0.29, 0.717) is 57.9 Å². The number of para-hydroxylation sites is 1. The highest BCUT2D eigenvalue weighted by atomic mass is 32.2. The molecule has 2 heterocycles. The van der Waals surface area contributed by atoms with Crippen molar-refractivity contribution in [2.24, 2.45) is 0 Å². The van der Waals surface area contributed by atoms with E-state index in [1.165, 1.54) is 9.80 Å². The summed E-state index contributed by atoms with van der Waals surface area (Å²) in [6, 6.07) is 13.0. The molecular formula is C26H27N3O4S2. The molecule has 0 bridgehead atoms. The number of hydrogen-bond donors (Lipinski definition) is 1. The summed E-state index contributed by atoms with van der Waals surface area (Å²) < 4.78 is 5.78. The molecule has 9 heteroatoms. The smallest absolute Gasteiger partial charge is 0.267 e. The molecule has 1 fully saturated rings. The largest absolute Gasteiger partial charge is 0.382 e. The van der Waals surface area contributed by atoms with E-state index in [4.69, 9.17) is 17.0 Å². The monoisotopic (exact) mass is 509 g/mol. The van der Waals surface area contributed by atoms with E-state index < -0.39 is 0 Å². The van der Waals surface area contributed by atoms with E-state index in [0.717, 1.165) is 22.9 Å². The van der Waals surface area contributed by atoms with Crippen LogP contribution in [0.2, 0.25) is 0 Å². The van der Waals surface area contributed by atoms with Crippen LogP contribution in [0, 0.1) is 13.8 Å². The Morgan fingerprint density at radius 1 is 1.09 bits per heavy atom. The van der Waals surface area contributed by atoms with E-state index in [-0.39, 0.29) is 24.3 Å². The Morgan fingerprint density at radius 2 is 1.86 bits per heavy atom. The Morgan fingerprint density at radius 3 is 2.63 bits per heavy atom. The van der Waals surface area contributed by atoms with Crippen molar-refractivity contribution >= 4 is 63.0 Å². The molecule has 1 N–H and O–H groups in total. The summed E-state index contributed by atoms with van der Waals surface area (Å²) in [4.78, 5) is 43.0. The predicted molar refractivity (Wildman–Crippen MR) is 143 cm³/mol. The molecule has 0 atom stereocenters. The van der Waals surface area contributed by atoms with Crippen LogP contribution in [0.4, 0.5) is 11.4 Å². The van der Waals surface area contributed by atoms with E-state index in [2.05, 4.69) is 5.32 Å². The second kappa shape index (κ2) is 10.7. The molecule has 35 heavy (non-hydrogen) atoms. The number of ether oxygens (including phenoxy) is 1. The molecule has 0 aliphatic carbocycles. The van der Waals surface area contributed by atoms with Crippen LogP contribution in [0.1, 0.15) is 30.0 Å². The van der Waals surface area contributed by atoms with Crippen LogP contribution in [0.3, 0.4) is 0 Å². The fourth-order valence-corrected chi connectivity index (χ4v) is 5.45.